The summed E-state index contributed by atoms with van der Waals surface area (Å²) in [5, 5.41) is 3.22. The van der Waals surface area contributed by atoms with Gasteiger partial charge in [-0.15, -0.1) is 0 Å². The van der Waals surface area contributed by atoms with Crippen molar-refractivity contribution in [2.24, 2.45) is 0 Å². The molecule has 0 radical (unpaired) electrons. The van der Waals surface area contributed by atoms with Gasteiger partial charge < -0.3 is 5.32 Å². The fourth-order valence-corrected chi connectivity index (χ4v) is 3.75. The van der Waals surface area contributed by atoms with E-state index in [-0.39, 0.29) is 12.5 Å². The normalized spacial score (nSPS) is 17.4. The van der Waals surface area contributed by atoms with Crippen LogP contribution in [0.3, 0.4) is 0 Å². The summed E-state index contributed by atoms with van der Waals surface area (Å²) in [5.41, 5.74) is 0.560. The van der Waals surface area contributed by atoms with Crippen molar-refractivity contribution in [1.82, 2.24) is 9.21 Å². The van der Waals surface area contributed by atoms with Crippen LogP contribution in [-0.4, -0.2) is 62.5 Å². The molecule has 22 heavy (non-hydrogen) atoms. The van der Waals surface area contributed by atoms with Crippen LogP contribution in [0.15, 0.2) is 22.7 Å². The van der Waals surface area contributed by atoms with Crippen LogP contribution in [0.1, 0.15) is 0 Å². The highest BCUT2D eigenvalue weighted by molar-refractivity contribution is 9.10. The number of hydrogen-bond donors (Lipinski definition) is 1. The Labute approximate surface area is 143 Å². The summed E-state index contributed by atoms with van der Waals surface area (Å²) in [7, 11) is -3.15. The van der Waals surface area contributed by atoms with Crippen LogP contribution in [0.2, 0.25) is 5.02 Å². The third-order valence-electron chi connectivity index (χ3n) is 3.37. The molecular formula is C13H17BrClN3O3S. The zero-order chi connectivity index (χ0) is 16.3. The third kappa shape index (κ3) is 4.92. The predicted octanol–water partition coefficient (Wildman–Crippen LogP) is 1.62. The van der Waals surface area contributed by atoms with Crippen LogP contribution in [0, 0.1) is 0 Å². The van der Waals surface area contributed by atoms with E-state index in [0.29, 0.717) is 36.9 Å². The standard InChI is InChI=1S/C13H17BrClN3O3S/c1-22(20,21)18-6-4-17(5-7-18)9-13(19)16-12-3-2-10(14)8-11(12)15/h2-3,8H,4-7,9H2,1H3,(H,16,19). The van der Waals surface area contributed by atoms with E-state index in [1.807, 2.05) is 4.90 Å². The van der Waals surface area contributed by atoms with Gasteiger partial charge in [-0.05, 0) is 18.2 Å². The molecule has 1 aromatic rings. The van der Waals surface area contributed by atoms with Gasteiger partial charge in [0.2, 0.25) is 15.9 Å². The molecule has 1 amide bonds. The molecule has 1 heterocycles. The number of nitrogens with zero attached hydrogens (tertiary/aromatic N) is 2. The number of piperazine rings is 1. The smallest absolute Gasteiger partial charge is 0.238 e. The van der Waals surface area contributed by atoms with E-state index in [4.69, 9.17) is 11.6 Å². The molecule has 6 nitrogen and oxygen atoms in total. The number of amides is 1. The topological polar surface area (TPSA) is 69.7 Å². The maximum Gasteiger partial charge on any atom is 0.238 e. The molecule has 0 aromatic heterocycles. The number of carbonyl (C=O) groups excluding carboxylic acids is 1. The maximum atomic E-state index is 12.0. The second-order valence-corrected chi connectivity index (χ2v) is 8.42. The molecule has 0 atom stereocenters. The Balaban J connectivity index is 1.86. The molecule has 1 N–H and O–H groups in total. The Kier molecular flexibility index (Phi) is 5.84. The first-order chi connectivity index (χ1) is 10.3. The van der Waals surface area contributed by atoms with Crippen molar-refractivity contribution >= 4 is 49.1 Å². The molecule has 0 unspecified atom stereocenters. The molecule has 9 heteroatoms. The summed E-state index contributed by atoms with van der Waals surface area (Å²) in [6, 6.07) is 5.24. The molecule has 2 rings (SSSR count). The average Bonchev–Trinajstić information content (AvgIpc) is 2.41. The van der Waals surface area contributed by atoms with Crippen LogP contribution in [-0.2, 0) is 14.8 Å². The minimum atomic E-state index is -3.15. The summed E-state index contributed by atoms with van der Waals surface area (Å²) < 4.78 is 25.1. The Morgan fingerprint density at radius 1 is 1.32 bits per heavy atom. The van der Waals surface area contributed by atoms with Crippen LogP contribution >= 0.6 is 27.5 Å². The number of sulfonamides is 1. The van der Waals surface area contributed by atoms with Crippen molar-refractivity contribution in [2.75, 3.05) is 44.3 Å². The van der Waals surface area contributed by atoms with Crippen LogP contribution < -0.4 is 5.32 Å². The number of halogens is 2. The van der Waals surface area contributed by atoms with Crippen molar-refractivity contribution in [2.45, 2.75) is 0 Å². The van der Waals surface area contributed by atoms with Crippen LogP contribution in [0.25, 0.3) is 0 Å². The van der Waals surface area contributed by atoms with E-state index in [9.17, 15) is 13.2 Å². The first-order valence-corrected chi connectivity index (χ1v) is 9.70. The van der Waals surface area contributed by atoms with Crippen molar-refractivity contribution < 1.29 is 13.2 Å². The summed E-state index contributed by atoms with van der Waals surface area (Å²) in [5.74, 6) is -0.169. The van der Waals surface area contributed by atoms with E-state index in [0.717, 1.165) is 4.47 Å². The molecule has 1 fully saturated rings. The first-order valence-electron chi connectivity index (χ1n) is 6.68. The predicted molar refractivity (Wildman–Crippen MR) is 90.6 cm³/mol. The molecule has 1 saturated heterocycles. The SMILES string of the molecule is CS(=O)(=O)N1CCN(CC(=O)Nc2ccc(Br)cc2Cl)CC1. The molecule has 1 aliphatic rings. The van der Waals surface area contributed by atoms with Gasteiger partial charge >= 0.3 is 0 Å². The largest absolute Gasteiger partial charge is 0.324 e. The van der Waals surface area contributed by atoms with Crippen molar-refractivity contribution in [3.8, 4) is 0 Å². The van der Waals surface area contributed by atoms with Gasteiger partial charge in [0, 0.05) is 30.7 Å². The maximum absolute atomic E-state index is 12.0. The highest BCUT2D eigenvalue weighted by atomic mass is 79.9. The van der Waals surface area contributed by atoms with Gasteiger partial charge in [-0.1, -0.05) is 27.5 Å². The first kappa shape index (κ1) is 17.7. The van der Waals surface area contributed by atoms with Gasteiger partial charge in [0.15, 0.2) is 0 Å². The lowest BCUT2D eigenvalue weighted by molar-refractivity contribution is -0.117. The Bertz CT molecular complexity index is 660. The number of anilines is 1. The molecule has 1 aliphatic heterocycles. The summed E-state index contributed by atoms with van der Waals surface area (Å²) in [4.78, 5) is 14.0. The van der Waals surface area contributed by atoms with E-state index in [1.165, 1.54) is 10.6 Å². The van der Waals surface area contributed by atoms with E-state index in [1.54, 1.807) is 18.2 Å². The lowest BCUT2D eigenvalue weighted by Crippen LogP contribution is -2.50. The lowest BCUT2D eigenvalue weighted by atomic mass is 10.3. The monoisotopic (exact) mass is 409 g/mol. The minimum absolute atomic E-state index is 0.169. The van der Waals surface area contributed by atoms with Gasteiger partial charge in [0.25, 0.3) is 0 Å². The highest BCUT2D eigenvalue weighted by Crippen LogP contribution is 2.25. The number of benzene rings is 1. The second kappa shape index (κ2) is 7.27. The number of hydrogen-bond acceptors (Lipinski definition) is 4. The van der Waals surface area contributed by atoms with E-state index >= 15 is 0 Å². The van der Waals surface area contributed by atoms with Crippen LogP contribution in [0.4, 0.5) is 5.69 Å². The van der Waals surface area contributed by atoms with Gasteiger partial charge in [-0.25, -0.2) is 8.42 Å². The van der Waals surface area contributed by atoms with Crippen molar-refractivity contribution in [3.05, 3.63) is 27.7 Å². The molecule has 0 aliphatic carbocycles. The Morgan fingerprint density at radius 2 is 1.95 bits per heavy atom. The number of nitrogens with one attached hydrogen (secondary N) is 1. The summed E-state index contributed by atoms with van der Waals surface area (Å²) in [6.07, 6.45) is 1.20. The second-order valence-electron chi connectivity index (χ2n) is 5.11. The molecule has 0 bridgehead atoms. The number of rotatable bonds is 4. The van der Waals surface area contributed by atoms with E-state index < -0.39 is 10.0 Å². The summed E-state index contributed by atoms with van der Waals surface area (Å²) in [6.45, 7) is 2.10. The molecule has 1 aromatic carbocycles. The Morgan fingerprint density at radius 3 is 2.50 bits per heavy atom. The van der Waals surface area contributed by atoms with Crippen molar-refractivity contribution in [1.29, 1.82) is 0 Å². The van der Waals surface area contributed by atoms with E-state index in [2.05, 4.69) is 21.2 Å². The van der Waals surface area contributed by atoms with Gasteiger partial charge in [-0.3, -0.25) is 9.69 Å². The Hall–Kier alpha value is -0.670. The highest BCUT2D eigenvalue weighted by Gasteiger charge is 2.24. The lowest BCUT2D eigenvalue weighted by Gasteiger charge is -2.32. The third-order valence-corrected chi connectivity index (χ3v) is 5.48. The zero-order valence-corrected chi connectivity index (χ0v) is 15.2. The fourth-order valence-electron chi connectivity index (χ4n) is 2.20. The quantitative estimate of drug-likeness (QED) is 0.819. The number of carbonyl (C=O) groups is 1. The van der Waals surface area contributed by atoms with Gasteiger partial charge in [-0.2, -0.15) is 4.31 Å². The average molecular weight is 411 g/mol. The minimum Gasteiger partial charge on any atom is -0.324 e. The molecular weight excluding hydrogens is 394 g/mol. The zero-order valence-electron chi connectivity index (χ0n) is 12.1. The fraction of sp³-hybridized carbons (Fsp3) is 0.462. The summed E-state index contributed by atoms with van der Waals surface area (Å²) >= 11 is 9.36. The van der Waals surface area contributed by atoms with Gasteiger partial charge in [0.05, 0.1) is 23.5 Å². The van der Waals surface area contributed by atoms with Gasteiger partial charge in [0.1, 0.15) is 0 Å². The van der Waals surface area contributed by atoms with Crippen molar-refractivity contribution in [3.63, 3.8) is 0 Å². The van der Waals surface area contributed by atoms with Crippen LogP contribution in [0.5, 0.6) is 0 Å². The molecule has 0 saturated carbocycles. The molecule has 122 valence electrons. The molecule has 0 spiro atoms.